The highest BCUT2D eigenvalue weighted by atomic mass is 79.9. The number of hydrogen-bond donors (Lipinski definition) is 0. The van der Waals surface area contributed by atoms with Crippen LogP contribution in [0.4, 0.5) is 0 Å². The van der Waals surface area contributed by atoms with E-state index in [0.717, 1.165) is 17.3 Å². The SMILES string of the molecule is BrCCN(CC1CCCc2ccccc21)C1CCC1. The first kappa shape index (κ1) is 13.6. The van der Waals surface area contributed by atoms with Crippen LogP contribution in [0.15, 0.2) is 24.3 Å². The Morgan fingerprint density at radius 1 is 1.11 bits per heavy atom. The second kappa shape index (κ2) is 6.41. The molecular weight excluding hydrogens is 298 g/mol. The lowest BCUT2D eigenvalue weighted by Gasteiger charge is -2.40. The summed E-state index contributed by atoms with van der Waals surface area (Å²) >= 11 is 3.63. The van der Waals surface area contributed by atoms with Gasteiger partial charge in [-0.15, -0.1) is 0 Å². The molecule has 0 aliphatic heterocycles. The average Bonchev–Trinajstić information content (AvgIpc) is 2.37. The van der Waals surface area contributed by atoms with Crippen LogP contribution in [-0.2, 0) is 6.42 Å². The highest BCUT2D eigenvalue weighted by Gasteiger charge is 2.28. The minimum atomic E-state index is 0.768. The summed E-state index contributed by atoms with van der Waals surface area (Å²) in [5.74, 6) is 0.768. The van der Waals surface area contributed by atoms with Gasteiger partial charge in [0.25, 0.3) is 0 Å². The molecule has 0 amide bonds. The number of fused-ring (bicyclic) bond motifs is 1. The largest absolute Gasteiger partial charge is 0.299 e. The summed E-state index contributed by atoms with van der Waals surface area (Å²) < 4.78 is 0. The third kappa shape index (κ3) is 3.05. The quantitative estimate of drug-likeness (QED) is 0.728. The fourth-order valence-corrected chi connectivity index (χ4v) is 4.07. The first-order chi connectivity index (χ1) is 9.38. The zero-order valence-electron chi connectivity index (χ0n) is 11.7. The number of rotatable bonds is 5. The summed E-state index contributed by atoms with van der Waals surface area (Å²) in [5, 5.41) is 1.11. The zero-order valence-corrected chi connectivity index (χ0v) is 13.2. The molecule has 104 valence electrons. The molecule has 2 aliphatic carbocycles. The molecule has 1 unspecified atom stereocenters. The maximum Gasteiger partial charge on any atom is 0.0159 e. The molecule has 0 spiro atoms. The van der Waals surface area contributed by atoms with E-state index in [1.165, 1.54) is 51.6 Å². The Balaban J connectivity index is 1.71. The Morgan fingerprint density at radius 2 is 1.95 bits per heavy atom. The first-order valence-electron chi connectivity index (χ1n) is 7.76. The van der Waals surface area contributed by atoms with Gasteiger partial charge in [0.15, 0.2) is 0 Å². The molecule has 19 heavy (non-hydrogen) atoms. The van der Waals surface area contributed by atoms with Crippen molar-refractivity contribution >= 4 is 15.9 Å². The van der Waals surface area contributed by atoms with Gasteiger partial charge >= 0.3 is 0 Å². The number of aryl methyl sites for hydroxylation is 1. The number of benzene rings is 1. The van der Waals surface area contributed by atoms with Crippen molar-refractivity contribution in [1.29, 1.82) is 0 Å². The van der Waals surface area contributed by atoms with E-state index in [9.17, 15) is 0 Å². The van der Waals surface area contributed by atoms with Crippen molar-refractivity contribution in [2.75, 3.05) is 18.4 Å². The van der Waals surface area contributed by atoms with Gasteiger partial charge in [0, 0.05) is 24.5 Å². The van der Waals surface area contributed by atoms with E-state index >= 15 is 0 Å². The Bertz CT molecular complexity index is 413. The van der Waals surface area contributed by atoms with E-state index in [2.05, 4.69) is 45.1 Å². The van der Waals surface area contributed by atoms with E-state index < -0.39 is 0 Å². The molecule has 0 aromatic heterocycles. The topological polar surface area (TPSA) is 3.24 Å². The van der Waals surface area contributed by atoms with Crippen molar-refractivity contribution < 1.29 is 0 Å². The third-order valence-corrected chi connectivity index (χ3v) is 5.27. The van der Waals surface area contributed by atoms with Gasteiger partial charge in [0.2, 0.25) is 0 Å². The van der Waals surface area contributed by atoms with E-state index in [1.807, 2.05) is 0 Å². The number of alkyl halides is 1. The monoisotopic (exact) mass is 321 g/mol. The van der Waals surface area contributed by atoms with Crippen molar-refractivity contribution in [3.63, 3.8) is 0 Å². The van der Waals surface area contributed by atoms with Gasteiger partial charge in [-0.3, -0.25) is 4.90 Å². The minimum absolute atomic E-state index is 0.768. The Labute approximate surface area is 125 Å². The van der Waals surface area contributed by atoms with Crippen molar-refractivity contribution in [3.05, 3.63) is 35.4 Å². The Hall–Kier alpha value is -0.340. The van der Waals surface area contributed by atoms with Crippen LogP contribution in [0.5, 0.6) is 0 Å². The van der Waals surface area contributed by atoms with Gasteiger partial charge in [0.1, 0.15) is 0 Å². The molecule has 2 heteroatoms. The van der Waals surface area contributed by atoms with E-state index in [1.54, 1.807) is 11.1 Å². The molecule has 1 aromatic carbocycles. The van der Waals surface area contributed by atoms with Gasteiger partial charge in [-0.1, -0.05) is 46.6 Å². The molecule has 1 atom stereocenters. The smallest absolute Gasteiger partial charge is 0.0159 e. The lowest BCUT2D eigenvalue weighted by atomic mass is 9.81. The summed E-state index contributed by atoms with van der Waals surface area (Å²) in [5.41, 5.74) is 3.23. The highest BCUT2D eigenvalue weighted by molar-refractivity contribution is 9.09. The highest BCUT2D eigenvalue weighted by Crippen LogP contribution is 2.34. The van der Waals surface area contributed by atoms with Crippen LogP contribution >= 0.6 is 15.9 Å². The normalized spacial score (nSPS) is 23.2. The van der Waals surface area contributed by atoms with E-state index in [0.29, 0.717) is 0 Å². The fraction of sp³-hybridized carbons (Fsp3) is 0.647. The molecule has 1 nitrogen and oxygen atoms in total. The van der Waals surface area contributed by atoms with Crippen molar-refractivity contribution in [1.82, 2.24) is 4.90 Å². The lowest BCUT2D eigenvalue weighted by molar-refractivity contribution is 0.124. The van der Waals surface area contributed by atoms with Crippen LogP contribution in [0.1, 0.15) is 49.1 Å². The fourth-order valence-electron chi connectivity index (χ4n) is 3.61. The van der Waals surface area contributed by atoms with Crippen LogP contribution in [0.3, 0.4) is 0 Å². The van der Waals surface area contributed by atoms with Gasteiger partial charge in [-0.05, 0) is 49.1 Å². The van der Waals surface area contributed by atoms with Gasteiger partial charge in [-0.25, -0.2) is 0 Å². The second-order valence-electron chi connectivity index (χ2n) is 6.06. The maximum absolute atomic E-state index is 3.63. The molecule has 1 saturated carbocycles. The van der Waals surface area contributed by atoms with Crippen LogP contribution in [0, 0.1) is 0 Å². The maximum atomic E-state index is 3.63. The van der Waals surface area contributed by atoms with Crippen molar-refractivity contribution in [2.45, 2.75) is 50.5 Å². The molecular formula is C17H24BrN. The third-order valence-electron chi connectivity index (χ3n) is 4.91. The van der Waals surface area contributed by atoms with Crippen LogP contribution in [-0.4, -0.2) is 29.4 Å². The molecule has 2 aliphatic rings. The Kier molecular flexibility index (Phi) is 4.60. The predicted octanol–water partition coefficient (Wildman–Crippen LogP) is 4.36. The number of halogens is 1. The van der Waals surface area contributed by atoms with Crippen LogP contribution < -0.4 is 0 Å². The lowest BCUT2D eigenvalue weighted by Crippen LogP contribution is -2.43. The van der Waals surface area contributed by atoms with Crippen LogP contribution in [0.2, 0.25) is 0 Å². The molecule has 0 radical (unpaired) electrons. The number of nitrogens with zero attached hydrogens (tertiary/aromatic N) is 1. The molecule has 0 heterocycles. The van der Waals surface area contributed by atoms with Gasteiger partial charge < -0.3 is 0 Å². The summed E-state index contributed by atoms with van der Waals surface area (Å²) in [6.45, 7) is 2.48. The summed E-state index contributed by atoms with van der Waals surface area (Å²) in [7, 11) is 0. The standard InChI is InChI=1S/C17H24BrN/c18-11-12-19(16-8-4-9-16)13-15-7-3-6-14-5-1-2-10-17(14)15/h1-2,5,10,15-16H,3-4,6-9,11-13H2. The molecule has 0 N–H and O–H groups in total. The van der Waals surface area contributed by atoms with Crippen LogP contribution in [0.25, 0.3) is 0 Å². The molecule has 1 aromatic rings. The van der Waals surface area contributed by atoms with Gasteiger partial charge in [0.05, 0.1) is 0 Å². The van der Waals surface area contributed by atoms with Gasteiger partial charge in [-0.2, -0.15) is 0 Å². The second-order valence-corrected chi connectivity index (χ2v) is 6.85. The van der Waals surface area contributed by atoms with Crippen molar-refractivity contribution in [2.24, 2.45) is 0 Å². The molecule has 0 bridgehead atoms. The minimum Gasteiger partial charge on any atom is -0.299 e. The summed E-state index contributed by atoms with van der Waals surface area (Å²) in [6.07, 6.45) is 8.30. The predicted molar refractivity (Wildman–Crippen MR) is 85.1 cm³/mol. The average molecular weight is 322 g/mol. The van der Waals surface area contributed by atoms with Crippen molar-refractivity contribution in [3.8, 4) is 0 Å². The van der Waals surface area contributed by atoms with E-state index in [-0.39, 0.29) is 0 Å². The summed E-state index contributed by atoms with van der Waals surface area (Å²) in [4.78, 5) is 2.74. The molecule has 3 rings (SSSR count). The number of hydrogen-bond acceptors (Lipinski definition) is 1. The first-order valence-corrected chi connectivity index (χ1v) is 8.88. The molecule has 0 saturated heterocycles. The zero-order chi connectivity index (χ0) is 13.1. The summed E-state index contributed by atoms with van der Waals surface area (Å²) in [6, 6.07) is 9.98. The Morgan fingerprint density at radius 3 is 2.68 bits per heavy atom. The van der Waals surface area contributed by atoms with E-state index in [4.69, 9.17) is 0 Å². The molecule has 1 fully saturated rings.